The summed E-state index contributed by atoms with van der Waals surface area (Å²) in [5.41, 5.74) is 3.56. The Kier molecular flexibility index (Phi) is 4.33. The Morgan fingerprint density at radius 1 is 1.14 bits per heavy atom. The Bertz CT molecular complexity index is 1180. The molecule has 0 aliphatic carbocycles. The number of para-hydroxylation sites is 2. The number of nitro groups is 1. The number of nitro benzene ring substituents is 1. The van der Waals surface area contributed by atoms with Gasteiger partial charge in [0.1, 0.15) is 5.52 Å². The molecule has 0 bridgehead atoms. The van der Waals surface area contributed by atoms with Crippen LogP contribution >= 0.6 is 0 Å². The van der Waals surface area contributed by atoms with Crippen LogP contribution in [0.4, 0.5) is 11.4 Å². The van der Waals surface area contributed by atoms with E-state index >= 15 is 0 Å². The second-order valence-electron chi connectivity index (χ2n) is 6.27. The molecule has 0 amide bonds. The maximum Gasteiger partial charge on any atom is 0.311 e. The fourth-order valence-electron chi connectivity index (χ4n) is 2.85. The highest BCUT2D eigenvalue weighted by Crippen LogP contribution is 2.31. The molecule has 1 heterocycles. The molecule has 7 heteroatoms. The first-order chi connectivity index (χ1) is 13.5. The van der Waals surface area contributed by atoms with Crippen LogP contribution in [0.3, 0.4) is 0 Å². The van der Waals surface area contributed by atoms with Crippen LogP contribution in [0, 0.1) is 17.0 Å². The average Bonchev–Trinajstić information content (AvgIpc) is 3.13. The van der Waals surface area contributed by atoms with Crippen molar-refractivity contribution in [2.75, 3.05) is 0 Å². The van der Waals surface area contributed by atoms with Crippen LogP contribution in [0.2, 0.25) is 0 Å². The van der Waals surface area contributed by atoms with Crippen LogP contribution < -0.4 is 0 Å². The predicted octanol–water partition coefficient (Wildman–Crippen LogP) is 5.17. The molecular weight excluding hydrogens is 358 g/mol. The van der Waals surface area contributed by atoms with Crippen LogP contribution in [-0.4, -0.2) is 21.2 Å². The minimum Gasteiger partial charge on any atom is -0.502 e. The van der Waals surface area contributed by atoms with Gasteiger partial charge in [0.15, 0.2) is 5.58 Å². The lowest BCUT2D eigenvalue weighted by Gasteiger charge is -2.02. The summed E-state index contributed by atoms with van der Waals surface area (Å²) in [5.74, 6) is 0.117. The monoisotopic (exact) mass is 373 g/mol. The molecule has 1 aromatic heterocycles. The van der Waals surface area contributed by atoms with Crippen molar-refractivity contribution in [1.82, 2.24) is 4.98 Å². The quantitative estimate of drug-likeness (QED) is 0.302. The molecule has 0 unspecified atom stereocenters. The van der Waals surface area contributed by atoms with Gasteiger partial charge in [-0.05, 0) is 55.0 Å². The third-order valence-electron chi connectivity index (χ3n) is 4.22. The number of hydrogen-bond donors (Lipinski definition) is 1. The van der Waals surface area contributed by atoms with Gasteiger partial charge in [-0.1, -0.05) is 12.1 Å². The van der Waals surface area contributed by atoms with E-state index in [0.29, 0.717) is 17.1 Å². The van der Waals surface area contributed by atoms with Gasteiger partial charge in [0.25, 0.3) is 0 Å². The van der Waals surface area contributed by atoms with E-state index in [4.69, 9.17) is 4.42 Å². The van der Waals surface area contributed by atoms with Crippen LogP contribution in [0.25, 0.3) is 22.6 Å². The van der Waals surface area contributed by atoms with E-state index in [1.807, 2.05) is 36.4 Å². The molecule has 7 nitrogen and oxygen atoms in total. The van der Waals surface area contributed by atoms with E-state index in [9.17, 15) is 15.2 Å². The Hall–Kier alpha value is -4.00. The van der Waals surface area contributed by atoms with Gasteiger partial charge in [-0.3, -0.25) is 15.1 Å². The summed E-state index contributed by atoms with van der Waals surface area (Å²) in [6, 6.07) is 17.7. The van der Waals surface area contributed by atoms with Gasteiger partial charge in [0, 0.05) is 23.4 Å². The fourth-order valence-corrected chi connectivity index (χ4v) is 2.85. The topological polar surface area (TPSA) is 102 Å². The third kappa shape index (κ3) is 3.33. The van der Waals surface area contributed by atoms with Crippen molar-refractivity contribution in [3.05, 3.63) is 81.9 Å². The highest BCUT2D eigenvalue weighted by Gasteiger charge is 2.17. The van der Waals surface area contributed by atoms with E-state index in [1.165, 1.54) is 12.3 Å². The van der Waals surface area contributed by atoms with E-state index in [1.54, 1.807) is 25.1 Å². The number of aromatic nitrogens is 1. The summed E-state index contributed by atoms with van der Waals surface area (Å²) >= 11 is 0. The van der Waals surface area contributed by atoms with Gasteiger partial charge in [-0.15, -0.1) is 0 Å². The molecule has 4 aromatic rings. The average molecular weight is 373 g/mol. The summed E-state index contributed by atoms with van der Waals surface area (Å²) in [7, 11) is 0. The first-order valence-corrected chi connectivity index (χ1v) is 8.49. The number of aryl methyl sites for hydroxylation is 1. The number of aliphatic imine (C=N–C) groups is 1. The van der Waals surface area contributed by atoms with Gasteiger partial charge < -0.3 is 9.52 Å². The molecule has 0 saturated heterocycles. The molecule has 0 spiro atoms. The summed E-state index contributed by atoms with van der Waals surface area (Å²) < 4.78 is 5.74. The minimum absolute atomic E-state index is 0.287. The van der Waals surface area contributed by atoms with Crippen molar-refractivity contribution in [2.45, 2.75) is 6.92 Å². The minimum atomic E-state index is -0.616. The normalized spacial score (nSPS) is 11.3. The second-order valence-corrected chi connectivity index (χ2v) is 6.27. The highest BCUT2D eigenvalue weighted by atomic mass is 16.6. The summed E-state index contributed by atoms with van der Waals surface area (Å²) in [6.45, 7) is 1.72. The van der Waals surface area contributed by atoms with E-state index in [-0.39, 0.29) is 11.3 Å². The first-order valence-electron chi connectivity index (χ1n) is 8.49. The van der Waals surface area contributed by atoms with Crippen LogP contribution in [0.5, 0.6) is 5.75 Å². The molecule has 0 radical (unpaired) electrons. The third-order valence-corrected chi connectivity index (χ3v) is 4.22. The number of nitrogens with zero attached hydrogens (tertiary/aromatic N) is 3. The maximum atomic E-state index is 11.0. The number of oxazole rings is 1. The molecule has 0 aliphatic heterocycles. The Balaban J connectivity index is 1.60. The van der Waals surface area contributed by atoms with Crippen molar-refractivity contribution in [3.8, 4) is 17.2 Å². The summed E-state index contributed by atoms with van der Waals surface area (Å²) in [5, 5.41) is 21.1. The molecule has 0 fully saturated rings. The number of phenols is 1. The van der Waals surface area contributed by atoms with Crippen molar-refractivity contribution in [3.63, 3.8) is 0 Å². The number of phenolic OH excluding ortho intramolecular Hbond substituents is 1. The Labute approximate surface area is 159 Å². The zero-order valence-electron chi connectivity index (χ0n) is 14.9. The van der Waals surface area contributed by atoms with Gasteiger partial charge in [-0.25, -0.2) is 4.98 Å². The van der Waals surface area contributed by atoms with Crippen molar-refractivity contribution >= 4 is 28.7 Å². The number of benzene rings is 3. The highest BCUT2D eigenvalue weighted by molar-refractivity contribution is 5.88. The van der Waals surface area contributed by atoms with Gasteiger partial charge in [0.2, 0.25) is 11.6 Å². The van der Waals surface area contributed by atoms with E-state index in [2.05, 4.69) is 9.98 Å². The lowest BCUT2D eigenvalue weighted by molar-refractivity contribution is -0.385. The van der Waals surface area contributed by atoms with Crippen molar-refractivity contribution in [1.29, 1.82) is 0 Å². The van der Waals surface area contributed by atoms with Gasteiger partial charge in [-0.2, -0.15) is 0 Å². The van der Waals surface area contributed by atoms with Crippen LogP contribution in [0.1, 0.15) is 11.1 Å². The number of hydrogen-bond acceptors (Lipinski definition) is 6. The molecule has 0 atom stereocenters. The molecule has 0 aliphatic rings. The predicted molar refractivity (Wildman–Crippen MR) is 106 cm³/mol. The number of fused-ring (bicyclic) bond motifs is 1. The lowest BCUT2D eigenvalue weighted by atomic mass is 10.1. The summed E-state index contributed by atoms with van der Waals surface area (Å²) in [6.07, 6.45) is 1.41. The standard InChI is InChI=1S/C21H15N3O4/c1-13-10-15(20(25)18(11-13)24(26)27)12-22-16-8-6-14(7-9-16)21-23-17-4-2-3-5-19(17)28-21/h2-12,25H,1H3. The smallest absolute Gasteiger partial charge is 0.311 e. The number of aromatic hydroxyl groups is 1. The zero-order valence-corrected chi connectivity index (χ0v) is 14.9. The van der Waals surface area contributed by atoms with Crippen molar-refractivity contribution in [2.24, 2.45) is 4.99 Å². The molecule has 0 saturated carbocycles. The Morgan fingerprint density at radius 2 is 1.89 bits per heavy atom. The van der Waals surface area contributed by atoms with Crippen molar-refractivity contribution < 1.29 is 14.4 Å². The first kappa shape index (κ1) is 17.4. The van der Waals surface area contributed by atoms with Gasteiger partial charge >= 0.3 is 5.69 Å². The van der Waals surface area contributed by atoms with E-state index < -0.39 is 10.7 Å². The Morgan fingerprint density at radius 3 is 2.61 bits per heavy atom. The van der Waals surface area contributed by atoms with Gasteiger partial charge in [0.05, 0.1) is 10.6 Å². The second kappa shape index (κ2) is 6.96. The molecule has 3 aromatic carbocycles. The zero-order chi connectivity index (χ0) is 19.7. The molecule has 138 valence electrons. The molecule has 28 heavy (non-hydrogen) atoms. The van der Waals surface area contributed by atoms with E-state index in [0.717, 1.165) is 16.7 Å². The largest absolute Gasteiger partial charge is 0.502 e. The molecular formula is C21H15N3O4. The maximum absolute atomic E-state index is 11.0. The molecule has 4 rings (SSSR count). The lowest BCUT2D eigenvalue weighted by Crippen LogP contribution is -1.93. The summed E-state index contributed by atoms with van der Waals surface area (Å²) in [4.78, 5) is 19.2. The SMILES string of the molecule is Cc1cc(C=Nc2ccc(-c3nc4ccccc4o3)cc2)c(O)c([N+](=O)[O-])c1. The number of rotatable bonds is 4. The van der Waals surface area contributed by atoms with Crippen LogP contribution in [0.15, 0.2) is 70.1 Å². The fraction of sp³-hybridized carbons (Fsp3) is 0.0476. The van der Waals surface area contributed by atoms with Crippen LogP contribution in [-0.2, 0) is 0 Å². The molecule has 1 N–H and O–H groups in total.